The van der Waals surface area contributed by atoms with Crippen molar-refractivity contribution in [3.05, 3.63) is 48.6 Å². The number of sulfonamides is 1. The summed E-state index contributed by atoms with van der Waals surface area (Å²) >= 11 is 0. The van der Waals surface area contributed by atoms with Gasteiger partial charge in [-0.15, -0.1) is 0 Å². The van der Waals surface area contributed by atoms with Crippen molar-refractivity contribution in [2.45, 2.75) is 11.4 Å². The average Bonchev–Trinajstić information content (AvgIpc) is 3.09. The number of rotatable bonds is 5. The van der Waals surface area contributed by atoms with Crippen LogP contribution >= 0.6 is 0 Å². The number of nitrogens with zero attached hydrogens (tertiary/aromatic N) is 4. The maximum atomic E-state index is 13.8. The summed E-state index contributed by atoms with van der Waals surface area (Å²) < 4.78 is 55.2. The monoisotopic (exact) mass is 356 g/mol. The van der Waals surface area contributed by atoms with Crippen LogP contribution in [-0.2, 0) is 16.6 Å². The quantitative estimate of drug-likeness (QED) is 0.807. The van der Waals surface area contributed by atoms with Crippen molar-refractivity contribution in [3.8, 4) is 0 Å². The highest BCUT2D eigenvalue weighted by atomic mass is 32.2. The second kappa shape index (κ2) is 6.96. The number of piperazine rings is 1. The molecule has 1 aliphatic rings. The smallest absolute Gasteiger partial charge is 0.246 e. The van der Waals surface area contributed by atoms with Crippen LogP contribution in [0, 0.1) is 11.6 Å². The molecule has 130 valence electrons. The van der Waals surface area contributed by atoms with Gasteiger partial charge in [0.25, 0.3) is 0 Å². The summed E-state index contributed by atoms with van der Waals surface area (Å²) in [6.07, 6.45) is 5.30. The van der Waals surface area contributed by atoms with Crippen LogP contribution in [0.25, 0.3) is 0 Å². The lowest BCUT2D eigenvalue weighted by Crippen LogP contribution is -2.49. The van der Waals surface area contributed by atoms with Gasteiger partial charge in [-0.1, -0.05) is 0 Å². The third-order valence-electron chi connectivity index (χ3n) is 4.08. The van der Waals surface area contributed by atoms with E-state index in [9.17, 15) is 17.2 Å². The summed E-state index contributed by atoms with van der Waals surface area (Å²) in [5, 5.41) is 0. The molecule has 9 heteroatoms. The highest BCUT2D eigenvalue weighted by Gasteiger charge is 2.30. The number of imidazole rings is 1. The molecule has 0 bridgehead atoms. The maximum Gasteiger partial charge on any atom is 0.246 e. The minimum atomic E-state index is -4.02. The number of halogens is 2. The molecule has 0 spiro atoms. The minimum Gasteiger partial charge on any atom is -0.336 e. The molecule has 1 aromatic carbocycles. The number of benzene rings is 1. The Morgan fingerprint density at radius 2 is 1.83 bits per heavy atom. The first-order chi connectivity index (χ1) is 11.5. The van der Waals surface area contributed by atoms with Crippen molar-refractivity contribution < 1.29 is 17.2 Å². The van der Waals surface area contributed by atoms with Gasteiger partial charge in [-0.2, -0.15) is 4.31 Å². The zero-order valence-electron chi connectivity index (χ0n) is 13.0. The zero-order chi connectivity index (χ0) is 17.2. The molecule has 0 unspecified atom stereocenters. The maximum absolute atomic E-state index is 13.8. The van der Waals surface area contributed by atoms with Crippen LogP contribution in [0.2, 0.25) is 0 Å². The van der Waals surface area contributed by atoms with E-state index in [1.807, 2.05) is 10.8 Å². The molecule has 1 saturated heterocycles. The fourth-order valence-electron chi connectivity index (χ4n) is 2.68. The molecular weight excluding hydrogens is 338 g/mol. The van der Waals surface area contributed by atoms with E-state index in [1.165, 1.54) is 4.31 Å². The number of hydrogen-bond acceptors (Lipinski definition) is 4. The van der Waals surface area contributed by atoms with Gasteiger partial charge in [0, 0.05) is 51.7 Å². The van der Waals surface area contributed by atoms with Crippen molar-refractivity contribution in [3.63, 3.8) is 0 Å². The van der Waals surface area contributed by atoms with E-state index in [2.05, 4.69) is 9.88 Å². The lowest BCUT2D eigenvalue weighted by molar-refractivity contribution is 0.182. The molecular formula is C15H18F2N4O2S. The van der Waals surface area contributed by atoms with Gasteiger partial charge in [0.1, 0.15) is 16.5 Å². The lowest BCUT2D eigenvalue weighted by Gasteiger charge is -2.34. The largest absolute Gasteiger partial charge is 0.336 e. The summed E-state index contributed by atoms with van der Waals surface area (Å²) in [4.78, 5) is 5.50. The first-order valence-electron chi connectivity index (χ1n) is 7.60. The Morgan fingerprint density at radius 3 is 2.50 bits per heavy atom. The summed E-state index contributed by atoms with van der Waals surface area (Å²) in [6.45, 7) is 3.14. The first kappa shape index (κ1) is 17.0. The predicted molar refractivity (Wildman–Crippen MR) is 83.8 cm³/mol. The second-order valence-electron chi connectivity index (χ2n) is 5.62. The van der Waals surface area contributed by atoms with E-state index < -0.39 is 26.6 Å². The Morgan fingerprint density at radius 1 is 1.08 bits per heavy atom. The molecule has 0 aliphatic carbocycles. The van der Waals surface area contributed by atoms with Crippen molar-refractivity contribution >= 4 is 10.0 Å². The molecule has 0 amide bonds. The Labute approximate surface area is 139 Å². The van der Waals surface area contributed by atoms with Crippen LogP contribution < -0.4 is 0 Å². The zero-order valence-corrected chi connectivity index (χ0v) is 13.8. The van der Waals surface area contributed by atoms with Crippen molar-refractivity contribution in [2.24, 2.45) is 0 Å². The van der Waals surface area contributed by atoms with Crippen molar-refractivity contribution in [1.29, 1.82) is 0 Å². The van der Waals surface area contributed by atoms with Gasteiger partial charge in [-0.05, 0) is 18.2 Å². The third kappa shape index (κ3) is 3.63. The molecule has 24 heavy (non-hydrogen) atoms. The average molecular weight is 356 g/mol. The Bertz CT molecular complexity index is 788. The fourth-order valence-corrected chi connectivity index (χ4v) is 4.18. The highest BCUT2D eigenvalue weighted by Crippen LogP contribution is 2.21. The molecule has 1 aromatic heterocycles. The normalized spacial score (nSPS) is 17.2. The van der Waals surface area contributed by atoms with Gasteiger partial charge in [0.2, 0.25) is 10.0 Å². The molecule has 1 aliphatic heterocycles. The van der Waals surface area contributed by atoms with Crippen LogP contribution in [0.3, 0.4) is 0 Å². The van der Waals surface area contributed by atoms with Gasteiger partial charge in [0.05, 0.1) is 6.33 Å². The van der Waals surface area contributed by atoms with Crippen LogP contribution in [0.5, 0.6) is 0 Å². The highest BCUT2D eigenvalue weighted by molar-refractivity contribution is 7.89. The minimum absolute atomic E-state index is 0.252. The molecule has 3 rings (SSSR count). The number of hydrogen-bond donors (Lipinski definition) is 0. The van der Waals surface area contributed by atoms with E-state index in [0.29, 0.717) is 13.1 Å². The van der Waals surface area contributed by atoms with Gasteiger partial charge < -0.3 is 4.57 Å². The summed E-state index contributed by atoms with van der Waals surface area (Å²) in [5.41, 5.74) is 0. The Hall–Kier alpha value is -1.84. The Balaban J connectivity index is 1.62. The summed E-state index contributed by atoms with van der Waals surface area (Å²) in [7, 11) is -4.02. The van der Waals surface area contributed by atoms with Gasteiger partial charge in [0.15, 0.2) is 0 Å². The van der Waals surface area contributed by atoms with E-state index in [4.69, 9.17) is 0 Å². The van der Waals surface area contributed by atoms with Crippen molar-refractivity contribution in [2.75, 3.05) is 32.7 Å². The summed E-state index contributed by atoms with van der Waals surface area (Å²) in [5.74, 6) is -1.70. The van der Waals surface area contributed by atoms with Gasteiger partial charge >= 0.3 is 0 Å². The van der Waals surface area contributed by atoms with Gasteiger partial charge in [-0.3, -0.25) is 4.90 Å². The van der Waals surface area contributed by atoms with Crippen LogP contribution in [0.4, 0.5) is 8.78 Å². The molecule has 0 saturated carbocycles. The molecule has 0 atom stereocenters. The lowest BCUT2D eigenvalue weighted by atomic mass is 10.3. The second-order valence-corrected chi connectivity index (χ2v) is 7.53. The number of aromatic nitrogens is 2. The third-order valence-corrected chi connectivity index (χ3v) is 5.99. The van der Waals surface area contributed by atoms with Crippen LogP contribution in [-0.4, -0.2) is 59.9 Å². The Kier molecular flexibility index (Phi) is 4.93. The van der Waals surface area contributed by atoms with E-state index >= 15 is 0 Å². The van der Waals surface area contributed by atoms with Crippen LogP contribution in [0.15, 0.2) is 41.8 Å². The summed E-state index contributed by atoms with van der Waals surface area (Å²) in [6, 6.07) is 2.47. The van der Waals surface area contributed by atoms with Crippen LogP contribution in [0.1, 0.15) is 0 Å². The van der Waals surface area contributed by atoms with E-state index in [1.54, 1.807) is 12.5 Å². The van der Waals surface area contributed by atoms with E-state index in [0.717, 1.165) is 31.3 Å². The SMILES string of the molecule is O=S(=O)(c1cc(F)ccc1F)N1CCN(CCn2ccnc2)CC1. The standard InChI is InChI=1S/C15H18F2N4O2S/c16-13-1-2-14(17)15(11-13)24(22,23)21-9-7-19(8-10-21)5-6-20-4-3-18-12-20/h1-4,11-12H,5-10H2. The molecule has 0 radical (unpaired) electrons. The first-order valence-corrected chi connectivity index (χ1v) is 9.04. The van der Waals surface area contributed by atoms with E-state index in [-0.39, 0.29) is 13.1 Å². The molecule has 2 aromatic rings. The molecule has 6 nitrogen and oxygen atoms in total. The van der Waals surface area contributed by atoms with Crippen molar-refractivity contribution in [1.82, 2.24) is 18.8 Å². The predicted octanol–water partition coefficient (Wildman–Crippen LogP) is 1.17. The molecule has 1 fully saturated rings. The fraction of sp³-hybridized carbons (Fsp3) is 0.400. The topological polar surface area (TPSA) is 58.4 Å². The molecule has 2 heterocycles. The molecule has 0 N–H and O–H groups in total. The van der Waals surface area contributed by atoms with Gasteiger partial charge in [-0.25, -0.2) is 22.2 Å².